The molecule has 1 heterocycles. The first-order valence-electron chi connectivity index (χ1n) is 10.2. The molecule has 2 saturated carbocycles. The van der Waals surface area contributed by atoms with E-state index < -0.39 is 0 Å². The summed E-state index contributed by atoms with van der Waals surface area (Å²) >= 11 is 0. The summed E-state index contributed by atoms with van der Waals surface area (Å²) in [5, 5.41) is 25.9. The molecule has 1 unspecified atom stereocenters. The van der Waals surface area contributed by atoms with Crippen molar-refractivity contribution in [2.75, 3.05) is 24.7 Å². The van der Waals surface area contributed by atoms with Crippen LogP contribution in [0.5, 0.6) is 0 Å². The van der Waals surface area contributed by atoms with Crippen LogP contribution < -0.4 is 10.6 Å². The lowest BCUT2D eigenvalue weighted by Gasteiger charge is -2.30. The van der Waals surface area contributed by atoms with Crippen LogP contribution in [0.3, 0.4) is 0 Å². The highest BCUT2D eigenvalue weighted by molar-refractivity contribution is 5.78. The lowest BCUT2D eigenvalue weighted by molar-refractivity contribution is -0.133. The molecule has 8 heteroatoms. The second-order valence-corrected chi connectivity index (χ2v) is 8.15. The number of aliphatic hydroxyl groups excluding tert-OH is 1. The first-order chi connectivity index (χ1) is 13.5. The van der Waals surface area contributed by atoms with Crippen LogP contribution in [-0.4, -0.2) is 58.2 Å². The van der Waals surface area contributed by atoms with Gasteiger partial charge >= 0.3 is 0 Å². The predicted octanol–water partition coefficient (Wildman–Crippen LogP) is 2.12. The molecule has 2 atom stereocenters. The van der Waals surface area contributed by atoms with Crippen molar-refractivity contribution in [2.45, 2.75) is 69.6 Å². The molecule has 1 aromatic heterocycles. The van der Waals surface area contributed by atoms with Crippen molar-refractivity contribution in [3.63, 3.8) is 0 Å². The second kappa shape index (κ2) is 9.20. The van der Waals surface area contributed by atoms with E-state index in [0.717, 1.165) is 44.9 Å². The van der Waals surface area contributed by atoms with E-state index in [0.29, 0.717) is 23.8 Å². The average molecular weight is 387 g/mol. The maximum Gasteiger partial charge on any atom is 0.225 e. The van der Waals surface area contributed by atoms with Gasteiger partial charge in [-0.25, -0.2) is 4.98 Å². The van der Waals surface area contributed by atoms with Crippen molar-refractivity contribution in [1.82, 2.24) is 14.9 Å². The number of nitrogens with zero attached hydrogens (tertiary/aromatic N) is 4. The summed E-state index contributed by atoms with van der Waals surface area (Å²) in [6, 6.07) is 2.48. The van der Waals surface area contributed by atoms with E-state index in [2.05, 4.69) is 26.7 Å². The molecule has 0 aromatic carbocycles. The minimum atomic E-state index is -0.295. The number of nitrogens with one attached hydrogen (secondary N) is 2. The summed E-state index contributed by atoms with van der Waals surface area (Å²) in [4.78, 5) is 22.6. The van der Waals surface area contributed by atoms with Gasteiger partial charge in [0.1, 0.15) is 17.5 Å². The van der Waals surface area contributed by atoms with Crippen LogP contribution in [0.4, 0.5) is 11.8 Å². The number of aromatic nitrogens is 2. The fourth-order valence-corrected chi connectivity index (χ4v) is 4.16. The number of hydrogen-bond donors (Lipinski definition) is 3. The third kappa shape index (κ3) is 5.10. The van der Waals surface area contributed by atoms with Crippen LogP contribution in [-0.2, 0) is 4.79 Å². The Bertz CT molecular complexity index is 724. The summed E-state index contributed by atoms with van der Waals surface area (Å²) in [6.07, 6.45) is 8.17. The van der Waals surface area contributed by atoms with E-state index in [4.69, 9.17) is 0 Å². The minimum Gasteiger partial charge on any atom is -0.393 e. The molecule has 0 radical (unpaired) electrons. The number of carbonyl (C=O) groups is 1. The Morgan fingerprint density at radius 3 is 2.57 bits per heavy atom. The molecule has 152 valence electrons. The minimum absolute atomic E-state index is 0.102. The fourth-order valence-electron chi connectivity index (χ4n) is 4.16. The monoisotopic (exact) mass is 386 g/mol. The van der Waals surface area contributed by atoms with Gasteiger partial charge in [-0.3, -0.25) is 4.79 Å². The van der Waals surface area contributed by atoms with Crippen LogP contribution in [0.2, 0.25) is 0 Å². The van der Waals surface area contributed by atoms with Gasteiger partial charge in [-0.15, -0.1) is 0 Å². The molecular weight excluding hydrogens is 356 g/mol. The van der Waals surface area contributed by atoms with Gasteiger partial charge in [0.25, 0.3) is 0 Å². The lowest BCUT2D eigenvalue weighted by Crippen LogP contribution is -2.35. The maximum atomic E-state index is 12.1. The van der Waals surface area contributed by atoms with Crippen molar-refractivity contribution in [3.8, 4) is 6.07 Å². The molecule has 1 aromatic rings. The van der Waals surface area contributed by atoms with Crippen LogP contribution in [0.15, 0.2) is 6.20 Å². The molecular formula is C20H30N6O2. The molecule has 3 N–H and O–H groups in total. The Kier molecular flexibility index (Phi) is 6.68. The number of anilines is 2. The Balaban J connectivity index is 1.60. The van der Waals surface area contributed by atoms with Crippen LogP contribution in [0.1, 0.15) is 56.9 Å². The molecule has 3 rings (SSSR count). The topological polar surface area (TPSA) is 114 Å². The highest BCUT2D eigenvalue weighted by atomic mass is 16.3. The van der Waals surface area contributed by atoms with Crippen LogP contribution in [0.25, 0.3) is 0 Å². The lowest BCUT2D eigenvalue weighted by atomic mass is 9.85. The van der Waals surface area contributed by atoms with E-state index >= 15 is 0 Å². The van der Waals surface area contributed by atoms with Gasteiger partial charge < -0.3 is 20.6 Å². The molecule has 2 fully saturated rings. The standard InChI is InChI=1S/C20H30N6O2/c1-26(2)19(28)13-6-8-15(9-7-13)24-20-22-12-14(11-21)18(25-20)23-16-4-3-5-17(27)10-16/h12-13,15-17,27H,3-10H2,1-2H3,(H2,22,23,24,25)/t13-,15-,16-,17?/m1/s1. The molecule has 8 nitrogen and oxygen atoms in total. The highest BCUT2D eigenvalue weighted by Gasteiger charge is 2.28. The molecule has 0 aliphatic heterocycles. The zero-order chi connectivity index (χ0) is 20.1. The van der Waals surface area contributed by atoms with E-state index in [-0.39, 0.29) is 30.0 Å². The highest BCUT2D eigenvalue weighted by Crippen LogP contribution is 2.28. The molecule has 0 saturated heterocycles. The Hall–Kier alpha value is -2.40. The fraction of sp³-hybridized carbons (Fsp3) is 0.700. The number of nitriles is 1. The van der Waals surface area contributed by atoms with Gasteiger partial charge in [0.15, 0.2) is 0 Å². The smallest absolute Gasteiger partial charge is 0.225 e. The largest absolute Gasteiger partial charge is 0.393 e. The summed E-state index contributed by atoms with van der Waals surface area (Å²) < 4.78 is 0. The van der Waals surface area contributed by atoms with Gasteiger partial charge in [0.2, 0.25) is 11.9 Å². The summed E-state index contributed by atoms with van der Waals surface area (Å²) in [7, 11) is 3.61. The van der Waals surface area contributed by atoms with Crippen molar-refractivity contribution in [2.24, 2.45) is 5.92 Å². The number of amides is 1. The molecule has 1 amide bonds. The normalized spacial score (nSPS) is 27.5. The summed E-state index contributed by atoms with van der Waals surface area (Å²) in [6.45, 7) is 0. The molecule has 2 aliphatic carbocycles. The SMILES string of the molecule is CN(C)C(=O)[C@H]1CC[C@H](Nc2ncc(C#N)c(N[C@@H]3CCCC(O)C3)n2)CC1. The second-order valence-electron chi connectivity index (χ2n) is 8.15. The molecule has 28 heavy (non-hydrogen) atoms. The number of aliphatic hydroxyl groups is 1. The maximum absolute atomic E-state index is 12.1. The predicted molar refractivity (Wildman–Crippen MR) is 107 cm³/mol. The number of hydrogen-bond acceptors (Lipinski definition) is 7. The average Bonchev–Trinajstić information content (AvgIpc) is 2.68. The summed E-state index contributed by atoms with van der Waals surface area (Å²) in [5.74, 6) is 1.33. The first-order valence-corrected chi connectivity index (χ1v) is 10.2. The van der Waals surface area contributed by atoms with Crippen molar-refractivity contribution in [3.05, 3.63) is 11.8 Å². The number of carbonyl (C=O) groups excluding carboxylic acids is 1. The summed E-state index contributed by atoms with van der Waals surface area (Å²) in [5.41, 5.74) is 0.408. The van der Waals surface area contributed by atoms with E-state index in [1.54, 1.807) is 19.0 Å². The van der Waals surface area contributed by atoms with Crippen molar-refractivity contribution in [1.29, 1.82) is 5.26 Å². The van der Waals surface area contributed by atoms with Crippen LogP contribution >= 0.6 is 0 Å². The third-order valence-corrected chi connectivity index (χ3v) is 5.75. The third-order valence-electron chi connectivity index (χ3n) is 5.75. The van der Waals surface area contributed by atoms with E-state index in [9.17, 15) is 15.2 Å². The first kappa shape index (κ1) is 20.3. The zero-order valence-corrected chi connectivity index (χ0v) is 16.7. The van der Waals surface area contributed by atoms with Gasteiger partial charge in [-0.05, 0) is 51.4 Å². The van der Waals surface area contributed by atoms with Gasteiger partial charge in [0, 0.05) is 32.1 Å². The molecule has 2 aliphatic rings. The molecule has 0 spiro atoms. The Morgan fingerprint density at radius 2 is 1.93 bits per heavy atom. The zero-order valence-electron chi connectivity index (χ0n) is 16.7. The van der Waals surface area contributed by atoms with Gasteiger partial charge in [0.05, 0.1) is 12.3 Å². The van der Waals surface area contributed by atoms with Crippen molar-refractivity contribution < 1.29 is 9.90 Å². The van der Waals surface area contributed by atoms with E-state index in [1.165, 1.54) is 6.20 Å². The Labute approximate surface area is 166 Å². The van der Waals surface area contributed by atoms with Gasteiger partial charge in [-0.1, -0.05) is 0 Å². The quantitative estimate of drug-likeness (QED) is 0.710. The van der Waals surface area contributed by atoms with E-state index in [1.807, 2.05) is 0 Å². The van der Waals surface area contributed by atoms with Crippen LogP contribution in [0, 0.1) is 17.2 Å². The number of rotatable bonds is 5. The van der Waals surface area contributed by atoms with Gasteiger partial charge in [-0.2, -0.15) is 10.2 Å². The van der Waals surface area contributed by atoms with Crippen molar-refractivity contribution >= 4 is 17.7 Å². The molecule has 0 bridgehead atoms. The Morgan fingerprint density at radius 1 is 1.18 bits per heavy atom.